The molecule has 0 heterocycles. The summed E-state index contributed by atoms with van der Waals surface area (Å²) in [6.45, 7) is 3.73. The molecule has 3 N–H and O–H groups in total. The van der Waals surface area contributed by atoms with Gasteiger partial charge in [0.05, 0.1) is 6.04 Å². The van der Waals surface area contributed by atoms with E-state index in [-0.39, 0.29) is 5.82 Å². The Kier molecular flexibility index (Phi) is 4.81. The Morgan fingerprint density at radius 1 is 1.25 bits per heavy atom. The number of hydrazine groups is 1. The van der Waals surface area contributed by atoms with Crippen LogP contribution in [0.15, 0.2) is 34.8 Å². The molecule has 0 saturated carbocycles. The van der Waals surface area contributed by atoms with Gasteiger partial charge in [0.25, 0.3) is 0 Å². The highest BCUT2D eigenvalue weighted by atomic mass is 79.9. The third kappa shape index (κ3) is 3.04. The summed E-state index contributed by atoms with van der Waals surface area (Å²) in [5.74, 6) is 5.37. The van der Waals surface area contributed by atoms with Gasteiger partial charge in [-0.05, 0) is 54.8 Å². The lowest BCUT2D eigenvalue weighted by atomic mass is 9.93. The van der Waals surface area contributed by atoms with Gasteiger partial charge in [-0.3, -0.25) is 5.84 Å². The van der Waals surface area contributed by atoms with Gasteiger partial charge in [0.15, 0.2) is 0 Å². The molecular weight excluding hydrogens is 343 g/mol. The monoisotopic (exact) mass is 356 g/mol. The Morgan fingerprint density at radius 3 is 2.55 bits per heavy atom. The second-order valence-electron chi connectivity index (χ2n) is 4.74. The average molecular weight is 358 g/mol. The summed E-state index contributed by atoms with van der Waals surface area (Å²) in [6, 6.07) is 8.33. The van der Waals surface area contributed by atoms with Gasteiger partial charge in [0, 0.05) is 15.1 Å². The van der Waals surface area contributed by atoms with E-state index in [1.807, 2.05) is 26.0 Å². The number of aryl methyl sites for hydroxylation is 2. The van der Waals surface area contributed by atoms with Crippen molar-refractivity contribution in [3.8, 4) is 0 Å². The Labute approximate surface area is 131 Å². The zero-order valence-electron chi connectivity index (χ0n) is 11.2. The van der Waals surface area contributed by atoms with E-state index in [0.717, 1.165) is 21.2 Å². The van der Waals surface area contributed by atoms with E-state index < -0.39 is 6.04 Å². The number of hydrogen-bond donors (Lipinski definition) is 2. The van der Waals surface area contributed by atoms with Crippen molar-refractivity contribution in [2.45, 2.75) is 19.9 Å². The third-order valence-electron chi connectivity index (χ3n) is 3.21. The highest BCUT2D eigenvalue weighted by Gasteiger charge is 2.21. The van der Waals surface area contributed by atoms with Crippen LogP contribution in [0.2, 0.25) is 5.02 Å². The number of benzene rings is 2. The van der Waals surface area contributed by atoms with Gasteiger partial charge in [-0.25, -0.2) is 9.82 Å². The van der Waals surface area contributed by atoms with Crippen LogP contribution in [-0.4, -0.2) is 0 Å². The van der Waals surface area contributed by atoms with Crippen molar-refractivity contribution in [2.75, 3.05) is 0 Å². The highest BCUT2D eigenvalue weighted by Crippen LogP contribution is 2.33. The molecule has 2 nitrogen and oxygen atoms in total. The van der Waals surface area contributed by atoms with Crippen LogP contribution in [0.1, 0.15) is 28.3 Å². The molecule has 0 radical (unpaired) electrons. The van der Waals surface area contributed by atoms with Crippen molar-refractivity contribution in [3.05, 3.63) is 67.9 Å². The van der Waals surface area contributed by atoms with Crippen LogP contribution in [0.25, 0.3) is 0 Å². The van der Waals surface area contributed by atoms with Crippen molar-refractivity contribution in [3.63, 3.8) is 0 Å². The second kappa shape index (κ2) is 6.22. The molecule has 5 heteroatoms. The third-order valence-corrected chi connectivity index (χ3v) is 4.16. The number of nitrogens with one attached hydrogen (secondary N) is 1. The summed E-state index contributed by atoms with van der Waals surface area (Å²) in [6.07, 6.45) is 0. The fourth-order valence-corrected chi connectivity index (χ4v) is 3.01. The van der Waals surface area contributed by atoms with Crippen molar-refractivity contribution >= 4 is 27.5 Å². The topological polar surface area (TPSA) is 38.0 Å². The number of hydrogen-bond acceptors (Lipinski definition) is 2. The maximum Gasteiger partial charge on any atom is 0.128 e. The minimum Gasteiger partial charge on any atom is -0.271 e. The first-order chi connectivity index (χ1) is 9.43. The van der Waals surface area contributed by atoms with Crippen LogP contribution in [0.3, 0.4) is 0 Å². The molecule has 106 valence electrons. The number of nitrogens with two attached hydrogens (primary N) is 1. The lowest BCUT2D eigenvalue weighted by Gasteiger charge is -2.21. The van der Waals surface area contributed by atoms with E-state index in [1.165, 1.54) is 6.07 Å². The van der Waals surface area contributed by atoms with E-state index in [4.69, 9.17) is 17.4 Å². The zero-order chi connectivity index (χ0) is 14.9. The second-order valence-corrected chi connectivity index (χ2v) is 6.03. The van der Waals surface area contributed by atoms with Gasteiger partial charge in [0.1, 0.15) is 5.82 Å². The maximum absolute atomic E-state index is 14.3. The molecule has 0 spiro atoms. The maximum atomic E-state index is 14.3. The molecule has 0 aliphatic carbocycles. The number of rotatable bonds is 3. The number of halogens is 3. The minimum atomic E-state index is -0.469. The molecule has 2 aromatic rings. The predicted octanol–water partition coefficient (Wildman–Crippen LogP) is 4.41. The van der Waals surface area contributed by atoms with Crippen LogP contribution in [-0.2, 0) is 0 Å². The van der Waals surface area contributed by atoms with Gasteiger partial charge in [0.2, 0.25) is 0 Å². The van der Waals surface area contributed by atoms with Crippen LogP contribution in [0.5, 0.6) is 0 Å². The largest absolute Gasteiger partial charge is 0.271 e. The van der Waals surface area contributed by atoms with E-state index in [1.54, 1.807) is 12.1 Å². The molecule has 0 saturated heterocycles. The lowest BCUT2D eigenvalue weighted by molar-refractivity contribution is 0.555. The Bertz CT molecular complexity index is 623. The van der Waals surface area contributed by atoms with Gasteiger partial charge in [-0.15, -0.1) is 0 Å². The molecule has 2 rings (SSSR count). The van der Waals surface area contributed by atoms with E-state index in [2.05, 4.69) is 21.4 Å². The van der Waals surface area contributed by atoms with Crippen LogP contribution in [0.4, 0.5) is 4.39 Å². The first kappa shape index (κ1) is 15.4. The van der Waals surface area contributed by atoms with Crippen molar-refractivity contribution in [1.82, 2.24) is 5.43 Å². The summed E-state index contributed by atoms with van der Waals surface area (Å²) >= 11 is 9.48. The van der Waals surface area contributed by atoms with Crippen LogP contribution < -0.4 is 11.3 Å². The highest BCUT2D eigenvalue weighted by molar-refractivity contribution is 9.10. The molecular formula is C15H15BrClFN2. The quantitative estimate of drug-likeness (QED) is 0.631. The lowest BCUT2D eigenvalue weighted by Crippen LogP contribution is -2.30. The molecule has 20 heavy (non-hydrogen) atoms. The summed E-state index contributed by atoms with van der Waals surface area (Å²) in [7, 11) is 0. The fraction of sp³-hybridized carbons (Fsp3) is 0.200. The van der Waals surface area contributed by atoms with Gasteiger partial charge in [-0.2, -0.15) is 0 Å². The Morgan fingerprint density at radius 2 is 1.95 bits per heavy atom. The molecule has 2 aromatic carbocycles. The van der Waals surface area contributed by atoms with E-state index in [9.17, 15) is 4.39 Å². The standard InChI is InChI=1S/C15H15BrClFN2/c1-8-5-9(2)14(13(18)6-8)15(20-19)11-7-10(17)3-4-12(11)16/h3-7,15,20H,19H2,1-2H3. The molecule has 0 fully saturated rings. The summed E-state index contributed by atoms with van der Waals surface area (Å²) in [4.78, 5) is 0. The first-order valence-electron chi connectivity index (χ1n) is 6.11. The predicted molar refractivity (Wildman–Crippen MR) is 84.2 cm³/mol. The molecule has 0 aliphatic rings. The zero-order valence-corrected chi connectivity index (χ0v) is 13.5. The summed E-state index contributed by atoms with van der Waals surface area (Å²) in [5.41, 5.74) is 5.73. The fourth-order valence-electron chi connectivity index (χ4n) is 2.36. The summed E-state index contributed by atoms with van der Waals surface area (Å²) < 4.78 is 15.1. The molecule has 0 aliphatic heterocycles. The normalized spacial score (nSPS) is 12.5. The van der Waals surface area contributed by atoms with Gasteiger partial charge in [-0.1, -0.05) is 33.6 Å². The molecule has 1 unspecified atom stereocenters. The van der Waals surface area contributed by atoms with E-state index in [0.29, 0.717) is 10.6 Å². The molecule has 1 atom stereocenters. The van der Waals surface area contributed by atoms with Crippen LogP contribution in [0, 0.1) is 19.7 Å². The first-order valence-corrected chi connectivity index (χ1v) is 7.29. The smallest absolute Gasteiger partial charge is 0.128 e. The summed E-state index contributed by atoms with van der Waals surface area (Å²) in [5, 5.41) is 0.577. The Balaban J connectivity index is 2.61. The van der Waals surface area contributed by atoms with E-state index >= 15 is 0 Å². The molecule has 0 amide bonds. The van der Waals surface area contributed by atoms with Gasteiger partial charge >= 0.3 is 0 Å². The van der Waals surface area contributed by atoms with Crippen molar-refractivity contribution < 1.29 is 4.39 Å². The SMILES string of the molecule is Cc1cc(C)c(C(NN)c2cc(Cl)ccc2Br)c(F)c1. The van der Waals surface area contributed by atoms with Crippen LogP contribution >= 0.6 is 27.5 Å². The van der Waals surface area contributed by atoms with Gasteiger partial charge < -0.3 is 0 Å². The minimum absolute atomic E-state index is 0.280. The molecule has 0 bridgehead atoms. The van der Waals surface area contributed by atoms with Crippen molar-refractivity contribution in [2.24, 2.45) is 5.84 Å². The Hall–Kier alpha value is -0.940. The van der Waals surface area contributed by atoms with Crippen molar-refractivity contribution in [1.29, 1.82) is 0 Å². The molecule has 0 aromatic heterocycles. The average Bonchev–Trinajstić information content (AvgIpc) is 2.37.